The normalized spacial score (nSPS) is 33.5. The summed E-state index contributed by atoms with van der Waals surface area (Å²) in [6.07, 6.45) is 0.434. The lowest BCUT2D eigenvalue weighted by molar-refractivity contribution is -0.165. The van der Waals surface area contributed by atoms with Crippen molar-refractivity contribution in [3.8, 4) is 0 Å². The molecule has 1 unspecified atom stereocenters. The van der Waals surface area contributed by atoms with Crippen LogP contribution >= 0.6 is 11.8 Å². The number of amides is 1. The molecule has 0 aliphatic carbocycles. The number of carbonyl (C=O) groups is 2. The SMILES string of the molecule is CC1(C)S[C@H]2N(C(=O)C2(N)Cc2ccccc2)[C@H]1C(=O)O. The molecule has 2 saturated heterocycles. The summed E-state index contributed by atoms with van der Waals surface area (Å²) < 4.78 is -0.538. The summed E-state index contributed by atoms with van der Waals surface area (Å²) in [5.41, 5.74) is 6.33. The lowest BCUT2D eigenvalue weighted by Crippen LogP contribution is -2.78. The Labute approximate surface area is 127 Å². The van der Waals surface area contributed by atoms with E-state index in [9.17, 15) is 14.7 Å². The van der Waals surface area contributed by atoms with Crippen molar-refractivity contribution < 1.29 is 14.7 Å². The molecule has 1 aromatic carbocycles. The standard InChI is InChI=1S/C15H18N2O3S/c1-14(2)10(11(18)19)17-12(20)15(16,13(17)21-14)8-9-6-4-3-5-7-9/h3-7,10,13H,8,16H2,1-2H3,(H,18,19)/t10-,13+,15?/m0/s1. The number of thioether (sulfide) groups is 1. The molecule has 2 aliphatic rings. The van der Waals surface area contributed by atoms with Gasteiger partial charge in [-0.2, -0.15) is 0 Å². The highest BCUT2D eigenvalue weighted by Gasteiger charge is 2.69. The van der Waals surface area contributed by atoms with Crippen LogP contribution in [-0.4, -0.2) is 43.6 Å². The minimum Gasteiger partial charge on any atom is -0.480 e. The van der Waals surface area contributed by atoms with Crippen LogP contribution in [0.2, 0.25) is 0 Å². The molecule has 0 aromatic heterocycles. The van der Waals surface area contributed by atoms with Gasteiger partial charge in [-0.15, -0.1) is 11.8 Å². The molecule has 2 heterocycles. The summed E-state index contributed by atoms with van der Waals surface area (Å²) in [7, 11) is 0. The molecule has 6 heteroatoms. The number of rotatable bonds is 3. The topological polar surface area (TPSA) is 83.6 Å². The number of benzene rings is 1. The van der Waals surface area contributed by atoms with Gasteiger partial charge in [0.05, 0.1) is 0 Å². The van der Waals surface area contributed by atoms with Gasteiger partial charge in [0.15, 0.2) is 0 Å². The molecule has 2 aliphatic heterocycles. The van der Waals surface area contributed by atoms with Gasteiger partial charge in [-0.1, -0.05) is 30.3 Å². The third-order valence-corrected chi connectivity index (χ3v) is 5.95. The van der Waals surface area contributed by atoms with Crippen LogP contribution in [0.4, 0.5) is 0 Å². The molecule has 2 fully saturated rings. The fourth-order valence-electron chi connectivity index (χ4n) is 3.25. The first kappa shape index (κ1) is 14.4. The number of carbonyl (C=O) groups excluding carboxylic acids is 1. The first-order valence-electron chi connectivity index (χ1n) is 6.83. The van der Waals surface area contributed by atoms with Gasteiger partial charge in [0.1, 0.15) is 17.0 Å². The zero-order chi connectivity index (χ0) is 15.4. The quantitative estimate of drug-likeness (QED) is 0.816. The molecular formula is C15H18N2O3S. The molecule has 112 valence electrons. The predicted octanol–water partition coefficient (Wildman–Crippen LogP) is 1.07. The van der Waals surface area contributed by atoms with Crippen molar-refractivity contribution >= 4 is 23.6 Å². The first-order chi connectivity index (χ1) is 9.77. The molecule has 1 aromatic rings. The Morgan fingerprint density at radius 2 is 2.00 bits per heavy atom. The van der Waals surface area contributed by atoms with Crippen LogP contribution in [0.1, 0.15) is 19.4 Å². The monoisotopic (exact) mass is 306 g/mol. The zero-order valence-corrected chi connectivity index (χ0v) is 12.8. The molecule has 3 N–H and O–H groups in total. The molecular weight excluding hydrogens is 288 g/mol. The molecule has 1 amide bonds. The van der Waals surface area contributed by atoms with E-state index in [0.717, 1.165) is 5.56 Å². The summed E-state index contributed by atoms with van der Waals surface area (Å²) in [4.78, 5) is 25.4. The van der Waals surface area contributed by atoms with Crippen molar-refractivity contribution in [2.75, 3.05) is 0 Å². The molecule has 0 spiro atoms. The highest BCUT2D eigenvalue weighted by Crippen LogP contribution is 2.54. The van der Waals surface area contributed by atoms with Crippen molar-refractivity contribution in [1.29, 1.82) is 0 Å². The van der Waals surface area contributed by atoms with E-state index in [-0.39, 0.29) is 11.3 Å². The van der Waals surface area contributed by atoms with Gasteiger partial charge >= 0.3 is 5.97 Å². The summed E-state index contributed by atoms with van der Waals surface area (Å²) in [6, 6.07) is 8.78. The predicted molar refractivity (Wildman–Crippen MR) is 80.8 cm³/mol. The van der Waals surface area contributed by atoms with Gasteiger partial charge in [0.25, 0.3) is 0 Å². The maximum absolute atomic E-state index is 12.5. The number of hydrogen-bond acceptors (Lipinski definition) is 4. The van der Waals surface area contributed by atoms with E-state index in [0.29, 0.717) is 6.42 Å². The van der Waals surface area contributed by atoms with Gasteiger partial charge in [0, 0.05) is 11.2 Å². The second-order valence-corrected chi connectivity index (χ2v) is 7.96. The zero-order valence-electron chi connectivity index (χ0n) is 11.9. The van der Waals surface area contributed by atoms with E-state index in [1.807, 2.05) is 44.2 Å². The number of β-lactam (4-membered cyclic amide) rings is 1. The Hall–Kier alpha value is -1.53. The minimum absolute atomic E-state index is 0.262. The average molecular weight is 306 g/mol. The Morgan fingerprint density at radius 3 is 2.57 bits per heavy atom. The number of aliphatic carboxylic acids is 1. The van der Waals surface area contributed by atoms with Crippen LogP contribution < -0.4 is 5.73 Å². The van der Waals surface area contributed by atoms with Gasteiger partial charge in [0.2, 0.25) is 5.91 Å². The number of carboxylic acid groups (broad SMARTS) is 1. The minimum atomic E-state index is -1.01. The average Bonchev–Trinajstić information content (AvgIpc) is 2.69. The van der Waals surface area contributed by atoms with Crippen LogP contribution in [0.25, 0.3) is 0 Å². The lowest BCUT2D eigenvalue weighted by atomic mass is 9.80. The third kappa shape index (κ3) is 1.97. The fraction of sp³-hybridized carbons (Fsp3) is 0.467. The van der Waals surface area contributed by atoms with Gasteiger partial charge in [-0.3, -0.25) is 4.79 Å². The fourth-order valence-corrected chi connectivity index (χ4v) is 4.89. The maximum Gasteiger partial charge on any atom is 0.327 e. The van der Waals surface area contributed by atoms with Crippen molar-refractivity contribution in [3.63, 3.8) is 0 Å². The number of nitrogens with two attached hydrogens (primary N) is 1. The highest BCUT2D eigenvalue weighted by molar-refractivity contribution is 8.01. The van der Waals surface area contributed by atoms with Crippen LogP contribution in [0.5, 0.6) is 0 Å². The third-order valence-electron chi connectivity index (χ3n) is 4.25. The van der Waals surface area contributed by atoms with E-state index in [1.54, 1.807) is 0 Å². The van der Waals surface area contributed by atoms with Gasteiger partial charge in [-0.05, 0) is 19.4 Å². The molecule has 3 rings (SSSR count). The summed E-state index contributed by atoms with van der Waals surface area (Å²) >= 11 is 1.48. The van der Waals surface area contributed by atoms with E-state index in [4.69, 9.17) is 5.73 Å². The largest absolute Gasteiger partial charge is 0.480 e. The van der Waals surface area contributed by atoms with Crippen molar-refractivity contribution in [2.24, 2.45) is 5.73 Å². The first-order valence-corrected chi connectivity index (χ1v) is 7.71. The highest BCUT2D eigenvalue weighted by atomic mass is 32.2. The lowest BCUT2D eigenvalue weighted by Gasteiger charge is -2.51. The van der Waals surface area contributed by atoms with E-state index >= 15 is 0 Å². The Bertz CT molecular complexity index is 604. The second-order valence-electron chi connectivity index (χ2n) is 6.23. The van der Waals surface area contributed by atoms with Crippen LogP contribution in [0.15, 0.2) is 30.3 Å². The van der Waals surface area contributed by atoms with Crippen LogP contribution in [0, 0.1) is 0 Å². The summed E-state index contributed by atoms with van der Waals surface area (Å²) in [5, 5.41) is 9.12. The Balaban J connectivity index is 1.89. The molecule has 3 atom stereocenters. The van der Waals surface area contributed by atoms with Crippen LogP contribution in [0.3, 0.4) is 0 Å². The number of hydrogen-bond donors (Lipinski definition) is 2. The maximum atomic E-state index is 12.5. The molecule has 0 bridgehead atoms. The van der Waals surface area contributed by atoms with Crippen molar-refractivity contribution in [3.05, 3.63) is 35.9 Å². The van der Waals surface area contributed by atoms with Crippen LogP contribution in [-0.2, 0) is 16.0 Å². The number of nitrogens with zero attached hydrogens (tertiary/aromatic N) is 1. The van der Waals surface area contributed by atoms with E-state index in [2.05, 4.69) is 0 Å². The second kappa shape index (κ2) is 4.48. The molecule has 0 radical (unpaired) electrons. The molecule has 21 heavy (non-hydrogen) atoms. The van der Waals surface area contributed by atoms with Gasteiger partial charge in [-0.25, -0.2) is 4.79 Å². The Morgan fingerprint density at radius 1 is 1.38 bits per heavy atom. The number of carboxylic acids is 1. The van der Waals surface area contributed by atoms with Gasteiger partial charge < -0.3 is 15.7 Å². The molecule has 5 nitrogen and oxygen atoms in total. The van der Waals surface area contributed by atoms with E-state index in [1.165, 1.54) is 16.7 Å². The summed E-state index contributed by atoms with van der Waals surface area (Å²) in [5.74, 6) is -1.23. The number of fused-ring (bicyclic) bond motifs is 1. The van der Waals surface area contributed by atoms with E-state index < -0.39 is 22.3 Å². The smallest absolute Gasteiger partial charge is 0.327 e. The Kier molecular flexibility index (Phi) is 3.07. The summed E-state index contributed by atoms with van der Waals surface area (Å²) in [6.45, 7) is 3.70. The molecule has 0 saturated carbocycles. The van der Waals surface area contributed by atoms with Crippen molar-refractivity contribution in [1.82, 2.24) is 4.90 Å². The van der Waals surface area contributed by atoms with Crippen molar-refractivity contribution in [2.45, 2.75) is 42.0 Å².